The molecule has 0 spiro atoms. The van der Waals surface area contributed by atoms with Gasteiger partial charge in [-0.2, -0.15) is 0 Å². The molecule has 168 valence electrons. The fourth-order valence-electron chi connectivity index (χ4n) is 4.07. The summed E-state index contributed by atoms with van der Waals surface area (Å²) in [7, 11) is 4.19. The Morgan fingerprint density at radius 1 is 1.06 bits per heavy atom. The molecule has 1 aromatic carbocycles. The number of halogens is 1. The molecule has 7 heteroatoms. The zero-order chi connectivity index (χ0) is 22.5. The molecular weight excluding hydrogens is 403 g/mol. The zero-order valence-electron chi connectivity index (χ0n) is 19.1. The van der Waals surface area contributed by atoms with E-state index in [1.807, 2.05) is 30.5 Å². The van der Waals surface area contributed by atoms with E-state index in [2.05, 4.69) is 40.7 Å². The third-order valence-corrected chi connectivity index (χ3v) is 5.86. The number of anilines is 1. The number of hydrogen-bond acceptors (Lipinski definition) is 6. The number of nitrogens with zero attached hydrogens (tertiary/aromatic N) is 6. The molecule has 4 rings (SSSR count). The largest absolute Gasteiger partial charge is 0.355 e. The van der Waals surface area contributed by atoms with Gasteiger partial charge in [-0.1, -0.05) is 12.1 Å². The third kappa shape index (κ3) is 5.29. The Labute approximate surface area is 189 Å². The van der Waals surface area contributed by atoms with Gasteiger partial charge in [0.25, 0.3) is 0 Å². The van der Waals surface area contributed by atoms with Gasteiger partial charge in [-0.15, -0.1) is 0 Å². The second-order valence-electron chi connectivity index (χ2n) is 8.51. The van der Waals surface area contributed by atoms with Crippen LogP contribution in [0.5, 0.6) is 0 Å². The van der Waals surface area contributed by atoms with Crippen LogP contribution < -0.4 is 4.90 Å². The third-order valence-electron chi connectivity index (χ3n) is 5.86. The van der Waals surface area contributed by atoms with E-state index in [0.29, 0.717) is 0 Å². The van der Waals surface area contributed by atoms with E-state index < -0.39 is 0 Å². The minimum absolute atomic E-state index is 0.200. The Hall–Kier alpha value is -2.90. The van der Waals surface area contributed by atoms with Crippen LogP contribution in [0.25, 0.3) is 11.4 Å². The van der Waals surface area contributed by atoms with Gasteiger partial charge < -0.3 is 9.80 Å². The topological polar surface area (TPSA) is 48.4 Å². The monoisotopic (exact) mass is 434 g/mol. The van der Waals surface area contributed by atoms with Gasteiger partial charge in [0.1, 0.15) is 11.6 Å². The zero-order valence-corrected chi connectivity index (χ0v) is 19.1. The SMILES string of the molecule is CCN(CCN(C)C)c1nc(-c2cccnc2)nc2c1CCN(Cc1ccc(F)cc1)C2. The smallest absolute Gasteiger partial charge is 0.163 e. The van der Waals surface area contributed by atoms with Gasteiger partial charge in [0.05, 0.1) is 5.69 Å². The fraction of sp³-hybridized carbons (Fsp3) is 0.400. The Kier molecular flexibility index (Phi) is 7.07. The van der Waals surface area contributed by atoms with Gasteiger partial charge in [-0.25, -0.2) is 14.4 Å². The van der Waals surface area contributed by atoms with Crippen molar-refractivity contribution < 1.29 is 4.39 Å². The highest BCUT2D eigenvalue weighted by Crippen LogP contribution is 2.30. The van der Waals surface area contributed by atoms with Crippen molar-refractivity contribution in [1.82, 2.24) is 24.8 Å². The summed E-state index contributed by atoms with van der Waals surface area (Å²) in [6.07, 6.45) is 4.49. The summed E-state index contributed by atoms with van der Waals surface area (Å²) in [6.45, 7) is 7.41. The van der Waals surface area contributed by atoms with E-state index in [-0.39, 0.29) is 5.82 Å². The summed E-state index contributed by atoms with van der Waals surface area (Å²) in [5.41, 5.74) is 4.35. The summed E-state index contributed by atoms with van der Waals surface area (Å²) >= 11 is 0. The van der Waals surface area contributed by atoms with Crippen molar-refractivity contribution in [2.24, 2.45) is 0 Å². The predicted molar refractivity (Wildman–Crippen MR) is 126 cm³/mol. The lowest BCUT2D eigenvalue weighted by molar-refractivity contribution is 0.241. The van der Waals surface area contributed by atoms with Crippen molar-refractivity contribution >= 4 is 5.82 Å². The number of fused-ring (bicyclic) bond motifs is 1. The van der Waals surface area contributed by atoms with Gasteiger partial charge in [-0.05, 0) is 57.3 Å². The average Bonchev–Trinajstić information content (AvgIpc) is 2.81. The Balaban J connectivity index is 1.66. The minimum atomic E-state index is -0.200. The van der Waals surface area contributed by atoms with E-state index in [1.165, 1.54) is 17.7 Å². The molecule has 0 saturated heterocycles. The first-order valence-corrected chi connectivity index (χ1v) is 11.2. The lowest BCUT2D eigenvalue weighted by Gasteiger charge is -2.33. The number of pyridine rings is 1. The molecule has 3 aromatic rings. The van der Waals surface area contributed by atoms with Crippen LogP contribution in [0.2, 0.25) is 0 Å². The molecule has 3 heterocycles. The Bertz CT molecular complexity index is 1020. The molecule has 6 nitrogen and oxygen atoms in total. The van der Waals surface area contributed by atoms with Gasteiger partial charge in [0, 0.05) is 62.8 Å². The predicted octanol–water partition coefficient (Wildman–Crippen LogP) is 3.62. The molecule has 0 amide bonds. The van der Waals surface area contributed by atoms with Gasteiger partial charge in [0.2, 0.25) is 0 Å². The van der Waals surface area contributed by atoms with Gasteiger partial charge >= 0.3 is 0 Å². The molecule has 0 saturated carbocycles. The first-order chi connectivity index (χ1) is 15.5. The number of benzene rings is 1. The average molecular weight is 435 g/mol. The summed E-state index contributed by atoms with van der Waals surface area (Å²) < 4.78 is 13.3. The second-order valence-corrected chi connectivity index (χ2v) is 8.51. The minimum Gasteiger partial charge on any atom is -0.355 e. The summed E-state index contributed by atoms with van der Waals surface area (Å²) in [4.78, 5) is 21.2. The molecule has 32 heavy (non-hydrogen) atoms. The maximum Gasteiger partial charge on any atom is 0.163 e. The number of hydrogen-bond donors (Lipinski definition) is 0. The van der Waals surface area contributed by atoms with Crippen molar-refractivity contribution in [2.45, 2.75) is 26.4 Å². The summed E-state index contributed by atoms with van der Waals surface area (Å²) in [6, 6.07) is 10.7. The highest BCUT2D eigenvalue weighted by molar-refractivity contribution is 5.60. The highest BCUT2D eigenvalue weighted by atomic mass is 19.1. The molecule has 2 aromatic heterocycles. The molecule has 0 N–H and O–H groups in total. The van der Waals surface area contributed by atoms with E-state index in [4.69, 9.17) is 9.97 Å². The molecule has 0 unspecified atom stereocenters. The number of aromatic nitrogens is 3. The summed E-state index contributed by atoms with van der Waals surface area (Å²) in [5.74, 6) is 1.56. The number of likely N-dealkylation sites (N-methyl/N-ethyl adjacent to an activating group) is 2. The molecular formula is C25H31FN6. The molecule has 1 aliphatic rings. The standard InChI is InChI=1S/C25H31FN6/c1-4-32(15-14-30(2)3)25-22-11-13-31(17-19-7-9-21(26)10-8-19)18-23(22)28-24(29-25)20-6-5-12-27-16-20/h5-10,12,16H,4,11,13-15,17-18H2,1-3H3. The van der Waals surface area contributed by atoms with Crippen molar-refractivity contribution in [2.75, 3.05) is 45.2 Å². The quantitative estimate of drug-likeness (QED) is 0.540. The van der Waals surface area contributed by atoms with Crippen LogP contribution in [-0.2, 0) is 19.5 Å². The van der Waals surface area contributed by atoms with Crippen LogP contribution in [0.15, 0.2) is 48.8 Å². The van der Waals surface area contributed by atoms with Crippen LogP contribution in [0.3, 0.4) is 0 Å². The maximum absolute atomic E-state index is 13.3. The highest BCUT2D eigenvalue weighted by Gasteiger charge is 2.25. The van der Waals surface area contributed by atoms with Crippen LogP contribution >= 0.6 is 0 Å². The Morgan fingerprint density at radius 2 is 1.88 bits per heavy atom. The van der Waals surface area contributed by atoms with Crippen LogP contribution in [0, 0.1) is 5.82 Å². The van der Waals surface area contributed by atoms with E-state index in [1.54, 1.807) is 6.20 Å². The Morgan fingerprint density at radius 3 is 2.56 bits per heavy atom. The van der Waals surface area contributed by atoms with Crippen LogP contribution in [0.1, 0.15) is 23.7 Å². The molecule has 1 aliphatic heterocycles. The van der Waals surface area contributed by atoms with E-state index in [0.717, 1.165) is 74.2 Å². The first-order valence-electron chi connectivity index (χ1n) is 11.2. The fourth-order valence-corrected chi connectivity index (χ4v) is 4.07. The number of rotatable bonds is 8. The van der Waals surface area contributed by atoms with Gasteiger partial charge in [0.15, 0.2) is 5.82 Å². The normalized spacial score (nSPS) is 13.9. The molecule has 0 atom stereocenters. The van der Waals surface area contributed by atoms with Crippen molar-refractivity contribution in [3.63, 3.8) is 0 Å². The maximum atomic E-state index is 13.3. The second kappa shape index (κ2) is 10.1. The molecule has 0 radical (unpaired) electrons. The van der Waals surface area contributed by atoms with Crippen LogP contribution in [-0.4, -0.2) is 65.0 Å². The lowest BCUT2D eigenvalue weighted by Crippen LogP contribution is -2.36. The van der Waals surface area contributed by atoms with Crippen molar-refractivity contribution in [3.05, 3.63) is 71.4 Å². The van der Waals surface area contributed by atoms with Gasteiger partial charge in [-0.3, -0.25) is 9.88 Å². The van der Waals surface area contributed by atoms with Crippen molar-refractivity contribution in [1.29, 1.82) is 0 Å². The van der Waals surface area contributed by atoms with Crippen molar-refractivity contribution in [3.8, 4) is 11.4 Å². The van der Waals surface area contributed by atoms with Crippen LogP contribution in [0.4, 0.5) is 10.2 Å². The van der Waals surface area contributed by atoms with E-state index in [9.17, 15) is 4.39 Å². The first kappa shape index (κ1) is 22.3. The lowest BCUT2D eigenvalue weighted by atomic mass is 10.0. The molecule has 0 bridgehead atoms. The van der Waals surface area contributed by atoms with E-state index >= 15 is 0 Å². The summed E-state index contributed by atoms with van der Waals surface area (Å²) in [5, 5.41) is 0. The molecule has 0 fully saturated rings. The molecule has 0 aliphatic carbocycles.